The molecule has 2 aliphatic carbocycles. The molecule has 0 saturated heterocycles. The van der Waals surface area contributed by atoms with Crippen LogP contribution in [0, 0.1) is 23.2 Å². The van der Waals surface area contributed by atoms with Gasteiger partial charge in [-0.2, -0.15) is 0 Å². The number of Topliss-reactive ketones (excluding diaryl/α,β-unsaturated/α-hetero) is 1. The topological polar surface area (TPSA) is 35.5 Å². The molecule has 0 N–H and O–H groups in total. The first-order valence-electron chi connectivity index (χ1n) is 9.81. The minimum atomic E-state index is -1.81. The van der Waals surface area contributed by atoms with Crippen LogP contribution in [0.5, 0.6) is 0 Å². The van der Waals surface area contributed by atoms with E-state index >= 15 is 0 Å². The summed E-state index contributed by atoms with van der Waals surface area (Å²) in [5, 5.41) is 0. The third-order valence-electron chi connectivity index (χ3n) is 5.34. The Bertz CT molecular complexity index is 766. The fourth-order valence-corrected chi connectivity index (χ4v) is 5.21. The van der Waals surface area contributed by atoms with Gasteiger partial charge in [0.1, 0.15) is 12.0 Å². The molecule has 2 aliphatic rings. The Balaban J connectivity index is 1.77. The van der Waals surface area contributed by atoms with Crippen LogP contribution in [0.2, 0.25) is 19.6 Å². The molecular weight excluding hydrogens is 352 g/mol. The summed E-state index contributed by atoms with van der Waals surface area (Å²) in [5.41, 5.74) is 1.76. The standard InChI is InChI=1S/C23H30O3Si/c1-18-15-20-11-12-21(24)23(20,22(16-18)26-27(2,3)4)13-8-14-25-17-19-9-6-5-7-10-19/h5-7,9-10,16,20,22H,11-12,14-15,17H2,1-4H3/t20-,22+,23+/m1/s1. The molecule has 0 heterocycles. The van der Waals surface area contributed by atoms with Crippen molar-refractivity contribution >= 4 is 14.1 Å². The number of hydrogen-bond donors (Lipinski definition) is 0. The number of fused-ring (bicyclic) bond motifs is 1. The van der Waals surface area contributed by atoms with Gasteiger partial charge in [-0.05, 0) is 50.9 Å². The van der Waals surface area contributed by atoms with Crippen molar-refractivity contribution in [1.29, 1.82) is 0 Å². The lowest BCUT2D eigenvalue weighted by Crippen LogP contribution is -2.49. The van der Waals surface area contributed by atoms with Crippen molar-refractivity contribution in [2.75, 3.05) is 6.61 Å². The van der Waals surface area contributed by atoms with E-state index in [1.807, 2.05) is 30.3 Å². The lowest BCUT2D eigenvalue weighted by molar-refractivity contribution is -0.127. The van der Waals surface area contributed by atoms with Crippen molar-refractivity contribution in [2.45, 2.75) is 58.5 Å². The third-order valence-corrected chi connectivity index (χ3v) is 6.30. The van der Waals surface area contributed by atoms with E-state index in [2.05, 4.69) is 44.5 Å². The minimum Gasteiger partial charge on any atom is -0.409 e. The normalized spacial score (nSPS) is 27.6. The van der Waals surface area contributed by atoms with Gasteiger partial charge in [-0.1, -0.05) is 53.8 Å². The minimum absolute atomic E-state index is 0.223. The lowest BCUT2D eigenvalue weighted by atomic mass is 9.67. The molecule has 0 bridgehead atoms. The van der Waals surface area contributed by atoms with Crippen LogP contribution < -0.4 is 0 Å². The van der Waals surface area contributed by atoms with Crippen LogP contribution in [0.3, 0.4) is 0 Å². The van der Waals surface area contributed by atoms with Crippen molar-refractivity contribution in [3.8, 4) is 11.8 Å². The highest BCUT2D eigenvalue weighted by Crippen LogP contribution is 2.51. The third kappa shape index (κ3) is 4.60. The SMILES string of the molecule is CC1=C[C@H](O[Si](C)(C)C)[C@]2(C#CCOCc3ccccc3)C(=O)CC[C@@H]2C1. The van der Waals surface area contributed by atoms with Crippen LogP contribution in [0.15, 0.2) is 42.0 Å². The van der Waals surface area contributed by atoms with Crippen LogP contribution in [0.25, 0.3) is 0 Å². The second-order valence-electron chi connectivity index (χ2n) is 8.68. The number of carbonyl (C=O) groups excluding carboxylic acids is 1. The Morgan fingerprint density at radius 1 is 1.22 bits per heavy atom. The highest BCUT2D eigenvalue weighted by Gasteiger charge is 2.56. The molecule has 0 spiro atoms. The van der Waals surface area contributed by atoms with Crippen molar-refractivity contribution in [2.24, 2.45) is 11.3 Å². The van der Waals surface area contributed by atoms with Crippen molar-refractivity contribution in [3.63, 3.8) is 0 Å². The molecule has 3 atom stereocenters. The average molecular weight is 383 g/mol. The van der Waals surface area contributed by atoms with E-state index in [4.69, 9.17) is 9.16 Å². The molecule has 1 fully saturated rings. The van der Waals surface area contributed by atoms with Gasteiger partial charge >= 0.3 is 0 Å². The molecule has 0 amide bonds. The van der Waals surface area contributed by atoms with Gasteiger partial charge in [-0.3, -0.25) is 4.79 Å². The van der Waals surface area contributed by atoms with E-state index in [0.717, 1.165) is 18.4 Å². The number of ketones is 1. The summed E-state index contributed by atoms with van der Waals surface area (Å²) in [5.74, 6) is 7.02. The van der Waals surface area contributed by atoms with Crippen LogP contribution in [-0.4, -0.2) is 26.8 Å². The number of allylic oxidation sites excluding steroid dienone is 1. The van der Waals surface area contributed by atoms with Gasteiger partial charge in [-0.15, -0.1) is 0 Å². The highest BCUT2D eigenvalue weighted by atomic mass is 28.4. The first kappa shape index (κ1) is 20.1. The fourth-order valence-electron chi connectivity index (χ4n) is 4.20. The van der Waals surface area contributed by atoms with Gasteiger partial charge in [0.15, 0.2) is 14.1 Å². The Kier molecular flexibility index (Phi) is 6.05. The summed E-state index contributed by atoms with van der Waals surface area (Å²) in [4.78, 5) is 13.0. The zero-order chi connectivity index (χ0) is 19.5. The molecule has 0 aliphatic heterocycles. The number of hydrogen-bond acceptors (Lipinski definition) is 3. The van der Waals surface area contributed by atoms with Crippen LogP contribution >= 0.6 is 0 Å². The van der Waals surface area contributed by atoms with Crippen molar-refractivity contribution < 1.29 is 14.0 Å². The van der Waals surface area contributed by atoms with Crippen LogP contribution in [0.1, 0.15) is 31.7 Å². The van der Waals surface area contributed by atoms with Crippen LogP contribution in [0.4, 0.5) is 0 Å². The largest absolute Gasteiger partial charge is 0.409 e. The summed E-state index contributed by atoms with van der Waals surface area (Å²) in [6, 6.07) is 10.1. The van der Waals surface area contributed by atoms with Gasteiger partial charge in [0.2, 0.25) is 0 Å². The molecule has 0 aromatic heterocycles. The van der Waals surface area contributed by atoms with E-state index in [-0.39, 0.29) is 17.8 Å². The second-order valence-corrected chi connectivity index (χ2v) is 13.1. The number of ether oxygens (including phenoxy) is 1. The highest BCUT2D eigenvalue weighted by molar-refractivity contribution is 6.69. The molecule has 1 aromatic rings. The van der Waals surface area contributed by atoms with E-state index < -0.39 is 13.7 Å². The van der Waals surface area contributed by atoms with Crippen molar-refractivity contribution in [1.82, 2.24) is 0 Å². The second kappa shape index (κ2) is 8.14. The quantitative estimate of drug-likeness (QED) is 0.319. The molecule has 1 saturated carbocycles. The summed E-state index contributed by atoms with van der Waals surface area (Å²) in [7, 11) is -1.81. The molecule has 0 unspecified atom stereocenters. The molecule has 0 radical (unpaired) electrons. The number of benzene rings is 1. The maximum atomic E-state index is 13.0. The Hall–Kier alpha value is -1.67. The fraction of sp³-hybridized carbons (Fsp3) is 0.522. The van der Waals surface area contributed by atoms with E-state index in [1.54, 1.807) is 0 Å². The van der Waals surface area contributed by atoms with Gasteiger partial charge in [0.05, 0.1) is 12.7 Å². The maximum Gasteiger partial charge on any atom is 0.184 e. The monoisotopic (exact) mass is 382 g/mol. The van der Waals surface area contributed by atoms with Crippen molar-refractivity contribution in [3.05, 3.63) is 47.5 Å². The Morgan fingerprint density at radius 3 is 2.67 bits per heavy atom. The first-order chi connectivity index (χ1) is 12.8. The molecule has 3 rings (SSSR count). The summed E-state index contributed by atoms with van der Waals surface area (Å²) in [6.45, 7) is 9.52. The molecule has 1 aromatic carbocycles. The maximum absolute atomic E-state index is 13.0. The predicted octanol–water partition coefficient (Wildman–Crippen LogP) is 4.74. The Morgan fingerprint density at radius 2 is 1.96 bits per heavy atom. The zero-order valence-corrected chi connectivity index (χ0v) is 17.9. The average Bonchev–Trinajstić information content (AvgIpc) is 2.91. The molecular formula is C23H30O3Si. The van der Waals surface area contributed by atoms with Gasteiger partial charge in [0.25, 0.3) is 0 Å². The number of carbonyl (C=O) groups is 1. The predicted molar refractivity (Wildman–Crippen MR) is 111 cm³/mol. The smallest absolute Gasteiger partial charge is 0.184 e. The zero-order valence-electron chi connectivity index (χ0n) is 16.9. The number of rotatable bonds is 5. The molecule has 144 valence electrons. The van der Waals surface area contributed by atoms with Gasteiger partial charge < -0.3 is 9.16 Å². The molecule has 3 nitrogen and oxygen atoms in total. The first-order valence-corrected chi connectivity index (χ1v) is 13.2. The molecule has 27 heavy (non-hydrogen) atoms. The van der Waals surface area contributed by atoms with Gasteiger partial charge in [0, 0.05) is 6.42 Å². The van der Waals surface area contributed by atoms with E-state index in [0.29, 0.717) is 19.6 Å². The summed E-state index contributed by atoms with van der Waals surface area (Å²) >= 11 is 0. The van der Waals surface area contributed by atoms with Gasteiger partial charge in [-0.25, -0.2) is 0 Å². The van der Waals surface area contributed by atoms with Crippen LogP contribution in [-0.2, 0) is 20.6 Å². The lowest BCUT2D eigenvalue weighted by Gasteiger charge is -2.42. The summed E-state index contributed by atoms with van der Waals surface area (Å²) < 4.78 is 12.2. The Labute approximate surface area is 164 Å². The summed E-state index contributed by atoms with van der Waals surface area (Å²) in [6.07, 6.45) is 4.39. The molecule has 4 heteroatoms. The van der Waals surface area contributed by atoms with E-state index in [1.165, 1.54) is 5.57 Å². The van der Waals surface area contributed by atoms with E-state index in [9.17, 15) is 4.79 Å².